The van der Waals surface area contributed by atoms with Crippen molar-refractivity contribution in [3.63, 3.8) is 0 Å². The molecule has 0 atom stereocenters. The highest BCUT2D eigenvalue weighted by molar-refractivity contribution is 9.10. The Bertz CT molecular complexity index is 736. The Labute approximate surface area is 120 Å². The van der Waals surface area contributed by atoms with Crippen molar-refractivity contribution in [2.75, 3.05) is 5.73 Å². The lowest BCUT2D eigenvalue weighted by atomic mass is 10.2. The van der Waals surface area contributed by atoms with E-state index in [0.29, 0.717) is 11.3 Å². The minimum Gasteiger partial charge on any atom is -0.398 e. The Morgan fingerprint density at radius 3 is 2.78 bits per heavy atom. The Morgan fingerprint density at radius 2 is 2.00 bits per heavy atom. The maximum atomic E-state index is 5.77. The zero-order valence-corrected chi connectivity index (χ0v) is 12.3. The highest BCUT2D eigenvalue weighted by atomic mass is 79.9. The molecule has 0 saturated carbocycles. The monoisotopic (exact) mass is 366 g/mol. The summed E-state index contributed by atoms with van der Waals surface area (Å²) >= 11 is 6.79. The number of nitrogen functional groups attached to an aromatic ring is 1. The number of nitrogens with one attached hydrogen (secondary N) is 1. The summed E-state index contributed by atoms with van der Waals surface area (Å²) in [6.45, 7) is 0. The van der Waals surface area contributed by atoms with Crippen molar-refractivity contribution < 1.29 is 0 Å². The first-order valence-corrected chi connectivity index (χ1v) is 6.79. The zero-order chi connectivity index (χ0) is 12.7. The van der Waals surface area contributed by atoms with Crippen LogP contribution in [-0.4, -0.2) is 15.0 Å². The third kappa shape index (κ3) is 2.02. The Balaban J connectivity index is 2.16. The molecule has 3 N–H and O–H groups in total. The molecule has 0 aliphatic rings. The van der Waals surface area contributed by atoms with Gasteiger partial charge in [-0.25, -0.2) is 9.97 Å². The molecule has 0 saturated heterocycles. The van der Waals surface area contributed by atoms with E-state index in [1.54, 1.807) is 6.20 Å². The summed E-state index contributed by atoms with van der Waals surface area (Å²) in [5, 5.41) is 0. The number of hydrogen-bond donors (Lipinski definition) is 2. The Hall–Kier alpha value is -1.40. The quantitative estimate of drug-likeness (QED) is 0.644. The molecule has 0 amide bonds. The molecule has 2 aromatic heterocycles. The molecule has 0 bridgehead atoms. The number of nitrogens with zero attached hydrogens (tertiary/aromatic N) is 2. The highest BCUT2D eigenvalue weighted by Gasteiger charge is 2.07. The van der Waals surface area contributed by atoms with E-state index in [4.69, 9.17) is 5.73 Å². The minimum atomic E-state index is 0.696. The van der Waals surface area contributed by atoms with Gasteiger partial charge in [0, 0.05) is 26.4 Å². The van der Waals surface area contributed by atoms with Crippen LogP contribution < -0.4 is 5.73 Å². The van der Waals surface area contributed by atoms with Crippen molar-refractivity contribution in [3.8, 4) is 11.4 Å². The first-order chi connectivity index (χ1) is 8.63. The molecule has 3 aromatic rings. The third-order valence-corrected chi connectivity index (χ3v) is 3.70. The molecule has 6 heteroatoms. The number of aromatic amines is 1. The van der Waals surface area contributed by atoms with E-state index in [0.717, 1.165) is 25.8 Å². The summed E-state index contributed by atoms with van der Waals surface area (Å²) in [6.07, 6.45) is 1.73. The van der Waals surface area contributed by atoms with Crippen molar-refractivity contribution in [1.82, 2.24) is 15.0 Å². The van der Waals surface area contributed by atoms with Gasteiger partial charge in [0.2, 0.25) is 0 Å². The van der Waals surface area contributed by atoms with Crippen molar-refractivity contribution in [3.05, 3.63) is 39.4 Å². The van der Waals surface area contributed by atoms with Gasteiger partial charge in [-0.3, -0.25) is 0 Å². The van der Waals surface area contributed by atoms with E-state index < -0.39 is 0 Å². The van der Waals surface area contributed by atoms with Gasteiger partial charge in [-0.05, 0) is 56.1 Å². The summed E-state index contributed by atoms with van der Waals surface area (Å²) in [7, 11) is 0. The molecule has 1 aromatic carbocycles. The number of hydrogen-bond acceptors (Lipinski definition) is 3. The molecular formula is C12H8Br2N4. The zero-order valence-electron chi connectivity index (χ0n) is 9.11. The number of benzene rings is 1. The van der Waals surface area contributed by atoms with Gasteiger partial charge in [-0.1, -0.05) is 0 Å². The van der Waals surface area contributed by atoms with Crippen LogP contribution in [0.15, 0.2) is 39.4 Å². The van der Waals surface area contributed by atoms with Gasteiger partial charge in [0.25, 0.3) is 0 Å². The number of imidazole rings is 1. The molecule has 0 fully saturated rings. The number of nitrogens with two attached hydrogens (primary N) is 1. The number of H-pyrrole nitrogens is 1. The standard InChI is InChI=1S/C12H8Br2N4/c13-7-4-10-12(16-5-7)18-11(17-10)6-1-2-9(15)8(14)3-6/h1-5H,15H2,(H,16,17,18). The van der Waals surface area contributed by atoms with Crippen LogP contribution >= 0.6 is 31.9 Å². The van der Waals surface area contributed by atoms with Gasteiger partial charge in [0.15, 0.2) is 5.65 Å². The van der Waals surface area contributed by atoms with E-state index in [-0.39, 0.29) is 0 Å². The molecular weight excluding hydrogens is 360 g/mol. The fraction of sp³-hybridized carbons (Fsp3) is 0. The minimum absolute atomic E-state index is 0.696. The normalized spacial score (nSPS) is 11.0. The number of anilines is 1. The average molecular weight is 368 g/mol. The van der Waals surface area contributed by atoms with Gasteiger partial charge in [-0.15, -0.1) is 0 Å². The van der Waals surface area contributed by atoms with E-state index in [2.05, 4.69) is 46.8 Å². The van der Waals surface area contributed by atoms with Crippen LogP contribution in [-0.2, 0) is 0 Å². The summed E-state index contributed by atoms with van der Waals surface area (Å²) in [4.78, 5) is 11.9. The van der Waals surface area contributed by atoms with Crippen molar-refractivity contribution in [2.45, 2.75) is 0 Å². The average Bonchev–Trinajstić information content (AvgIpc) is 2.75. The molecule has 0 unspecified atom stereocenters. The van der Waals surface area contributed by atoms with Crippen LogP contribution in [0.2, 0.25) is 0 Å². The molecule has 18 heavy (non-hydrogen) atoms. The van der Waals surface area contributed by atoms with Gasteiger partial charge >= 0.3 is 0 Å². The topological polar surface area (TPSA) is 67.6 Å². The molecule has 0 aliphatic carbocycles. The van der Waals surface area contributed by atoms with E-state index in [1.165, 1.54) is 0 Å². The lowest BCUT2D eigenvalue weighted by Gasteiger charge is -2.00. The molecule has 4 nitrogen and oxygen atoms in total. The first kappa shape index (κ1) is 11.7. The van der Waals surface area contributed by atoms with Crippen LogP contribution in [0, 0.1) is 0 Å². The molecule has 0 radical (unpaired) electrons. The number of fused-ring (bicyclic) bond motifs is 1. The van der Waals surface area contributed by atoms with Crippen LogP contribution in [0.3, 0.4) is 0 Å². The SMILES string of the molecule is Nc1ccc(-c2nc3ncc(Br)cc3[nH]2)cc1Br. The molecule has 90 valence electrons. The smallest absolute Gasteiger partial charge is 0.178 e. The van der Waals surface area contributed by atoms with Crippen LogP contribution in [0.1, 0.15) is 0 Å². The van der Waals surface area contributed by atoms with Gasteiger partial charge in [0.05, 0.1) is 5.52 Å². The molecule has 0 spiro atoms. The largest absolute Gasteiger partial charge is 0.398 e. The molecule has 0 aliphatic heterocycles. The first-order valence-electron chi connectivity index (χ1n) is 5.20. The van der Waals surface area contributed by atoms with Gasteiger partial charge in [0.1, 0.15) is 5.82 Å². The van der Waals surface area contributed by atoms with Crippen molar-refractivity contribution in [1.29, 1.82) is 0 Å². The van der Waals surface area contributed by atoms with Crippen molar-refractivity contribution in [2.24, 2.45) is 0 Å². The second kappa shape index (κ2) is 4.37. The fourth-order valence-electron chi connectivity index (χ4n) is 1.69. The lowest BCUT2D eigenvalue weighted by Crippen LogP contribution is -1.87. The predicted octanol–water partition coefficient (Wildman–Crippen LogP) is 3.73. The fourth-order valence-corrected chi connectivity index (χ4v) is 2.40. The highest BCUT2D eigenvalue weighted by Crippen LogP contribution is 2.27. The summed E-state index contributed by atoms with van der Waals surface area (Å²) in [5.41, 5.74) is 9.02. The van der Waals surface area contributed by atoms with E-state index in [1.807, 2.05) is 24.3 Å². The van der Waals surface area contributed by atoms with E-state index in [9.17, 15) is 0 Å². The Kier molecular flexibility index (Phi) is 2.83. The predicted molar refractivity (Wildman–Crippen MR) is 79.1 cm³/mol. The Morgan fingerprint density at radius 1 is 1.17 bits per heavy atom. The summed E-state index contributed by atoms with van der Waals surface area (Å²) < 4.78 is 1.78. The lowest BCUT2D eigenvalue weighted by molar-refractivity contribution is 1.30. The maximum absolute atomic E-state index is 5.77. The van der Waals surface area contributed by atoms with Crippen LogP contribution in [0.4, 0.5) is 5.69 Å². The third-order valence-electron chi connectivity index (χ3n) is 2.58. The second-order valence-corrected chi connectivity index (χ2v) is 5.62. The number of aromatic nitrogens is 3. The van der Waals surface area contributed by atoms with Gasteiger partial charge < -0.3 is 10.7 Å². The van der Waals surface area contributed by atoms with Gasteiger partial charge in [-0.2, -0.15) is 0 Å². The number of rotatable bonds is 1. The molecule has 2 heterocycles. The maximum Gasteiger partial charge on any atom is 0.178 e. The van der Waals surface area contributed by atoms with Crippen molar-refractivity contribution >= 4 is 48.7 Å². The number of halogens is 2. The molecule has 3 rings (SSSR count). The summed E-state index contributed by atoms with van der Waals surface area (Å²) in [6, 6.07) is 7.65. The number of pyridine rings is 1. The van der Waals surface area contributed by atoms with Crippen LogP contribution in [0.25, 0.3) is 22.6 Å². The van der Waals surface area contributed by atoms with E-state index >= 15 is 0 Å². The van der Waals surface area contributed by atoms with Crippen LogP contribution in [0.5, 0.6) is 0 Å². The second-order valence-electron chi connectivity index (χ2n) is 3.85. The summed E-state index contributed by atoms with van der Waals surface area (Å²) in [5.74, 6) is 0.774.